The third-order valence-corrected chi connectivity index (χ3v) is 5.54. The van der Waals surface area contributed by atoms with Gasteiger partial charge in [0, 0.05) is 31.2 Å². The van der Waals surface area contributed by atoms with E-state index in [0.29, 0.717) is 19.0 Å². The van der Waals surface area contributed by atoms with Gasteiger partial charge in [0.15, 0.2) is 5.96 Å². The number of sulfonamides is 1. The second-order valence-electron chi connectivity index (χ2n) is 5.34. The Labute approximate surface area is 152 Å². The molecule has 0 fully saturated rings. The molecule has 136 valence electrons. The third-order valence-electron chi connectivity index (χ3n) is 3.30. The summed E-state index contributed by atoms with van der Waals surface area (Å²) >= 11 is 1.61. The number of thiazole rings is 1. The molecule has 0 amide bonds. The van der Waals surface area contributed by atoms with Crippen molar-refractivity contribution in [2.75, 3.05) is 19.3 Å². The van der Waals surface area contributed by atoms with Crippen molar-refractivity contribution in [2.24, 2.45) is 4.99 Å². The highest BCUT2D eigenvalue weighted by atomic mass is 32.2. The van der Waals surface area contributed by atoms with Crippen molar-refractivity contribution in [2.45, 2.75) is 20.0 Å². The Morgan fingerprint density at radius 1 is 1.20 bits per heavy atom. The van der Waals surface area contributed by atoms with Gasteiger partial charge in [-0.05, 0) is 12.5 Å². The molecular formula is C16H23N5O2S2. The van der Waals surface area contributed by atoms with E-state index < -0.39 is 10.0 Å². The average Bonchev–Trinajstić information content (AvgIpc) is 3.02. The molecule has 0 aliphatic carbocycles. The fraction of sp³-hybridized carbons (Fsp3) is 0.375. The highest BCUT2D eigenvalue weighted by Gasteiger charge is 2.10. The molecule has 0 atom stereocenters. The minimum atomic E-state index is -3.35. The summed E-state index contributed by atoms with van der Waals surface area (Å²) < 4.78 is 26.7. The lowest BCUT2D eigenvalue weighted by Crippen LogP contribution is -2.40. The lowest BCUT2D eigenvalue weighted by molar-refractivity contribution is 0.580. The lowest BCUT2D eigenvalue weighted by Gasteiger charge is -2.11. The molecule has 0 saturated heterocycles. The van der Waals surface area contributed by atoms with Gasteiger partial charge in [-0.25, -0.2) is 18.1 Å². The molecule has 9 heteroatoms. The smallest absolute Gasteiger partial charge is 0.213 e. The summed E-state index contributed by atoms with van der Waals surface area (Å²) in [5.41, 5.74) is 0.926. The fourth-order valence-electron chi connectivity index (χ4n) is 2.03. The van der Waals surface area contributed by atoms with E-state index in [4.69, 9.17) is 0 Å². The lowest BCUT2D eigenvalue weighted by atomic mass is 10.2. The number of nitrogens with zero attached hydrogens (tertiary/aromatic N) is 2. The van der Waals surface area contributed by atoms with E-state index in [1.54, 1.807) is 18.4 Å². The molecule has 3 N–H and O–H groups in total. The average molecular weight is 382 g/mol. The topological polar surface area (TPSA) is 95.5 Å². The molecule has 1 aromatic carbocycles. The summed E-state index contributed by atoms with van der Waals surface area (Å²) in [6.07, 6.45) is 1.82. The number of aryl methyl sites for hydroxylation is 1. The Kier molecular flexibility index (Phi) is 7.35. The molecule has 0 unspecified atom stereocenters. The molecule has 25 heavy (non-hydrogen) atoms. The van der Waals surface area contributed by atoms with Crippen molar-refractivity contribution < 1.29 is 8.42 Å². The summed E-state index contributed by atoms with van der Waals surface area (Å²) in [6, 6.07) is 9.42. The Morgan fingerprint density at radius 2 is 1.96 bits per heavy atom. The summed E-state index contributed by atoms with van der Waals surface area (Å²) in [7, 11) is -1.71. The van der Waals surface area contributed by atoms with Crippen LogP contribution in [0.1, 0.15) is 15.4 Å². The number of hydrogen-bond donors (Lipinski definition) is 3. The number of guanidine groups is 1. The molecule has 0 aliphatic rings. The van der Waals surface area contributed by atoms with Crippen LogP contribution >= 0.6 is 11.3 Å². The van der Waals surface area contributed by atoms with Crippen LogP contribution in [0.2, 0.25) is 0 Å². The molecule has 0 saturated carbocycles. The third kappa shape index (κ3) is 7.20. The molecule has 0 spiro atoms. The van der Waals surface area contributed by atoms with Crippen LogP contribution in [0.15, 0.2) is 41.5 Å². The van der Waals surface area contributed by atoms with Gasteiger partial charge in [0.2, 0.25) is 10.0 Å². The SMILES string of the molecule is CN=C(NCCS(=O)(=O)NCc1ccccc1)NCc1ncc(C)s1. The molecule has 2 aromatic rings. The summed E-state index contributed by atoms with van der Waals surface area (Å²) in [5, 5.41) is 7.07. The molecule has 2 rings (SSSR count). The van der Waals surface area contributed by atoms with E-state index >= 15 is 0 Å². The normalized spacial score (nSPS) is 12.2. The fourth-order valence-corrected chi connectivity index (χ4v) is 3.66. The zero-order chi connectivity index (χ0) is 18.1. The van der Waals surface area contributed by atoms with Gasteiger partial charge in [-0.2, -0.15) is 0 Å². The van der Waals surface area contributed by atoms with Crippen LogP contribution in [-0.4, -0.2) is 38.7 Å². The first-order valence-corrected chi connectivity index (χ1v) is 10.3. The van der Waals surface area contributed by atoms with E-state index in [1.165, 1.54) is 0 Å². The number of aliphatic imine (C=N–C) groups is 1. The molecule has 0 radical (unpaired) electrons. The first-order chi connectivity index (χ1) is 12.0. The molecule has 0 bridgehead atoms. The summed E-state index contributed by atoms with van der Waals surface area (Å²) in [5.74, 6) is 0.516. The van der Waals surface area contributed by atoms with Crippen LogP contribution in [-0.2, 0) is 23.1 Å². The van der Waals surface area contributed by atoms with Gasteiger partial charge in [0.25, 0.3) is 0 Å². The zero-order valence-electron chi connectivity index (χ0n) is 14.3. The number of hydrogen-bond acceptors (Lipinski definition) is 5. The first-order valence-electron chi connectivity index (χ1n) is 7.85. The van der Waals surface area contributed by atoms with Gasteiger partial charge in [0.1, 0.15) is 5.01 Å². The van der Waals surface area contributed by atoms with Gasteiger partial charge in [-0.3, -0.25) is 4.99 Å². The zero-order valence-corrected chi connectivity index (χ0v) is 16.0. The Morgan fingerprint density at radius 3 is 2.60 bits per heavy atom. The van der Waals surface area contributed by atoms with Gasteiger partial charge >= 0.3 is 0 Å². The van der Waals surface area contributed by atoms with Crippen molar-refractivity contribution in [3.63, 3.8) is 0 Å². The van der Waals surface area contributed by atoms with Crippen molar-refractivity contribution >= 4 is 27.3 Å². The highest BCUT2D eigenvalue weighted by Crippen LogP contribution is 2.10. The number of benzene rings is 1. The van der Waals surface area contributed by atoms with Crippen molar-refractivity contribution in [1.29, 1.82) is 0 Å². The second kappa shape index (κ2) is 9.50. The van der Waals surface area contributed by atoms with Crippen molar-refractivity contribution in [1.82, 2.24) is 20.3 Å². The minimum Gasteiger partial charge on any atom is -0.355 e. The first kappa shape index (κ1) is 19.4. The van der Waals surface area contributed by atoms with Crippen LogP contribution in [0.3, 0.4) is 0 Å². The van der Waals surface area contributed by atoms with Gasteiger partial charge in [-0.1, -0.05) is 30.3 Å². The molecule has 7 nitrogen and oxygen atoms in total. The summed E-state index contributed by atoms with van der Waals surface area (Å²) in [6.45, 7) is 3.11. The van der Waals surface area contributed by atoms with E-state index in [9.17, 15) is 8.42 Å². The second-order valence-corrected chi connectivity index (χ2v) is 8.59. The van der Waals surface area contributed by atoms with Crippen LogP contribution in [0.5, 0.6) is 0 Å². The molecule has 0 aliphatic heterocycles. The Balaban J connectivity index is 1.71. The number of rotatable bonds is 8. The predicted molar refractivity (Wildman–Crippen MR) is 102 cm³/mol. The molecule has 1 heterocycles. The van der Waals surface area contributed by atoms with E-state index in [1.807, 2.05) is 43.5 Å². The maximum atomic E-state index is 12.0. The maximum Gasteiger partial charge on any atom is 0.213 e. The van der Waals surface area contributed by atoms with Gasteiger partial charge in [-0.15, -0.1) is 11.3 Å². The van der Waals surface area contributed by atoms with E-state index in [2.05, 4.69) is 25.3 Å². The Hall–Kier alpha value is -1.97. The summed E-state index contributed by atoms with van der Waals surface area (Å²) in [4.78, 5) is 9.49. The molecule has 1 aromatic heterocycles. The van der Waals surface area contributed by atoms with Crippen LogP contribution in [0, 0.1) is 6.92 Å². The predicted octanol–water partition coefficient (Wildman–Crippen LogP) is 1.24. The number of nitrogens with one attached hydrogen (secondary N) is 3. The number of aromatic nitrogens is 1. The molecular weight excluding hydrogens is 358 g/mol. The monoisotopic (exact) mass is 381 g/mol. The van der Waals surface area contributed by atoms with E-state index in [0.717, 1.165) is 15.4 Å². The maximum absolute atomic E-state index is 12.0. The minimum absolute atomic E-state index is 0.0309. The van der Waals surface area contributed by atoms with Crippen LogP contribution in [0.4, 0.5) is 0 Å². The van der Waals surface area contributed by atoms with Gasteiger partial charge < -0.3 is 10.6 Å². The van der Waals surface area contributed by atoms with E-state index in [-0.39, 0.29) is 12.3 Å². The van der Waals surface area contributed by atoms with Crippen molar-refractivity contribution in [3.05, 3.63) is 52.0 Å². The standard InChI is InChI=1S/C16H23N5O2S2/c1-13-10-19-15(24-13)12-20-16(17-2)18-8-9-25(22,23)21-11-14-6-4-3-5-7-14/h3-7,10,21H,8-9,11-12H2,1-2H3,(H2,17,18,20). The van der Waals surface area contributed by atoms with Crippen LogP contribution < -0.4 is 15.4 Å². The quantitative estimate of drug-likeness (QED) is 0.472. The van der Waals surface area contributed by atoms with Crippen LogP contribution in [0.25, 0.3) is 0 Å². The Bertz CT molecular complexity index is 788. The van der Waals surface area contributed by atoms with Gasteiger partial charge in [0.05, 0.1) is 12.3 Å². The highest BCUT2D eigenvalue weighted by molar-refractivity contribution is 7.89. The van der Waals surface area contributed by atoms with Crippen molar-refractivity contribution in [3.8, 4) is 0 Å². The largest absolute Gasteiger partial charge is 0.355 e.